The molecule has 0 fully saturated rings. The van der Waals surface area contributed by atoms with Gasteiger partial charge in [0.15, 0.2) is 24.1 Å². The summed E-state index contributed by atoms with van der Waals surface area (Å²) in [6, 6.07) is 9.12. The van der Waals surface area contributed by atoms with Crippen LogP contribution in [-0.2, 0) is 40.5 Å². The lowest BCUT2D eigenvalue weighted by Crippen LogP contribution is -2.51. The van der Waals surface area contributed by atoms with Gasteiger partial charge < -0.3 is 5.11 Å². The van der Waals surface area contributed by atoms with Crippen molar-refractivity contribution in [3.63, 3.8) is 0 Å². The Morgan fingerprint density at radius 1 is 0.958 bits per heavy atom. The summed E-state index contributed by atoms with van der Waals surface area (Å²) >= 11 is 0. The summed E-state index contributed by atoms with van der Waals surface area (Å²) in [7, 11) is 3.81. The number of ketones is 1. The van der Waals surface area contributed by atoms with Crippen molar-refractivity contribution in [2.45, 2.75) is 37.8 Å². The van der Waals surface area contributed by atoms with Gasteiger partial charge in [-0.1, -0.05) is 30.3 Å². The van der Waals surface area contributed by atoms with Gasteiger partial charge in [-0.15, -0.1) is 0 Å². The van der Waals surface area contributed by atoms with Crippen molar-refractivity contribution in [1.29, 1.82) is 0 Å². The molecule has 0 saturated heterocycles. The molecule has 24 heavy (non-hydrogen) atoms. The van der Waals surface area contributed by atoms with Crippen molar-refractivity contribution >= 4 is 5.78 Å². The SMILES string of the molecule is COO[C@H]([C@H](OOC)[C@H](C)O)[C@@H](OOC)C(=O)Cc1ccccc1. The average molecular weight is 344 g/mol. The summed E-state index contributed by atoms with van der Waals surface area (Å²) in [6.07, 6.45) is -4.32. The Morgan fingerprint density at radius 3 is 2.00 bits per heavy atom. The van der Waals surface area contributed by atoms with Crippen LogP contribution in [-0.4, -0.2) is 56.6 Å². The fourth-order valence-electron chi connectivity index (χ4n) is 2.20. The maximum atomic E-state index is 12.6. The van der Waals surface area contributed by atoms with E-state index in [9.17, 15) is 9.90 Å². The summed E-state index contributed by atoms with van der Waals surface area (Å²) in [5, 5.41) is 9.88. The molecule has 8 nitrogen and oxygen atoms in total. The Kier molecular flexibility index (Phi) is 9.65. The van der Waals surface area contributed by atoms with Crippen LogP contribution < -0.4 is 0 Å². The van der Waals surface area contributed by atoms with Crippen LogP contribution in [0.15, 0.2) is 30.3 Å². The van der Waals surface area contributed by atoms with Gasteiger partial charge in [-0.2, -0.15) is 0 Å². The van der Waals surface area contributed by atoms with Gasteiger partial charge in [0, 0.05) is 6.42 Å². The van der Waals surface area contributed by atoms with E-state index in [4.69, 9.17) is 14.7 Å². The highest BCUT2D eigenvalue weighted by atomic mass is 17.2. The van der Waals surface area contributed by atoms with Gasteiger partial charge in [0.1, 0.15) is 0 Å². The molecule has 0 radical (unpaired) electrons. The number of hydrogen-bond acceptors (Lipinski definition) is 8. The van der Waals surface area contributed by atoms with E-state index in [0.717, 1.165) is 5.56 Å². The molecule has 136 valence electrons. The monoisotopic (exact) mass is 344 g/mol. The minimum atomic E-state index is -1.20. The van der Waals surface area contributed by atoms with E-state index in [1.807, 2.05) is 30.3 Å². The zero-order valence-electron chi connectivity index (χ0n) is 14.2. The van der Waals surface area contributed by atoms with Crippen LogP contribution in [0.5, 0.6) is 0 Å². The second-order valence-electron chi connectivity index (χ2n) is 5.01. The molecule has 0 saturated carbocycles. The van der Waals surface area contributed by atoms with Gasteiger partial charge >= 0.3 is 0 Å². The molecule has 4 atom stereocenters. The molecule has 1 aromatic rings. The fourth-order valence-corrected chi connectivity index (χ4v) is 2.20. The van der Waals surface area contributed by atoms with Gasteiger partial charge in [-0.3, -0.25) is 4.79 Å². The van der Waals surface area contributed by atoms with Crippen LogP contribution in [0.3, 0.4) is 0 Å². The fraction of sp³-hybridized carbons (Fsp3) is 0.562. The van der Waals surface area contributed by atoms with Crippen molar-refractivity contribution < 1.29 is 39.2 Å². The summed E-state index contributed by atoms with van der Waals surface area (Å²) in [4.78, 5) is 41.8. The third kappa shape index (κ3) is 6.25. The van der Waals surface area contributed by atoms with E-state index in [-0.39, 0.29) is 12.2 Å². The third-order valence-electron chi connectivity index (χ3n) is 3.25. The highest BCUT2D eigenvalue weighted by Gasteiger charge is 2.41. The zero-order valence-corrected chi connectivity index (χ0v) is 14.2. The largest absolute Gasteiger partial charge is 0.390 e. The van der Waals surface area contributed by atoms with Crippen LogP contribution in [0.25, 0.3) is 0 Å². The van der Waals surface area contributed by atoms with E-state index in [1.54, 1.807) is 0 Å². The maximum absolute atomic E-state index is 12.6. The second-order valence-corrected chi connectivity index (χ2v) is 5.01. The van der Waals surface area contributed by atoms with Crippen molar-refractivity contribution in [3.8, 4) is 0 Å². The third-order valence-corrected chi connectivity index (χ3v) is 3.25. The molecule has 1 aromatic carbocycles. The first kappa shape index (κ1) is 20.7. The number of carbonyl (C=O) groups excluding carboxylic acids is 1. The molecule has 0 spiro atoms. The van der Waals surface area contributed by atoms with Crippen LogP contribution in [0.4, 0.5) is 0 Å². The molecule has 0 bridgehead atoms. The molecule has 0 aromatic heterocycles. The average Bonchev–Trinajstić information content (AvgIpc) is 2.56. The Morgan fingerprint density at radius 2 is 1.50 bits per heavy atom. The Hall–Kier alpha value is -1.39. The lowest BCUT2D eigenvalue weighted by Gasteiger charge is -2.30. The minimum absolute atomic E-state index is 0.0813. The van der Waals surface area contributed by atoms with Crippen LogP contribution in [0.2, 0.25) is 0 Å². The van der Waals surface area contributed by atoms with Crippen molar-refractivity contribution in [3.05, 3.63) is 35.9 Å². The van der Waals surface area contributed by atoms with Crippen molar-refractivity contribution in [2.75, 3.05) is 21.3 Å². The van der Waals surface area contributed by atoms with E-state index >= 15 is 0 Å². The number of hydrogen-bond donors (Lipinski definition) is 1. The van der Waals surface area contributed by atoms with Gasteiger partial charge in [-0.05, 0) is 12.5 Å². The Labute approximate surface area is 141 Å². The van der Waals surface area contributed by atoms with Gasteiger partial charge in [-0.25, -0.2) is 29.3 Å². The quantitative estimate of drug-likeness (QED) is 0.444. The second kappa shape index (κ2) is 11.2. The van der Waals surface area contributed by atoms with Crippen LogP contribution >= 0.6 is 0 Å². The van der Waals surface area contributed by atoms with Crippen LogP contribution in [0, 0.1) is 0 Å². The van der Waals surface area contributed by atoms with E-state index < -0.39 is 24.4 Å². The topological polar surface area (TPSA) is 92.7 Å². The lowest BCUT2D eigenvalue weighted by molar-refractivity contribution is -0.415. The zero-order chi connectivity index (χ0) is 17.9. The smallest absolute Gasteiger partial charge is 0.183 e. The summed E-state index contributed by atoms with van der Waals surface area (Å²) in [5.74, 6) is -0.338. The summed E-state index contributed by atoms with van der Waals surface area (Å²) in [5.41, 5.74) is 0.796. The van der Waals surface area contributed by atoms with Crippen molar-refractivity contribution in [1.82, 2.24) is 0 Å². The van der Waals surface area contributed by atoms with E-state index in [2.05, 4.69) is 14.7 Å². The highest BCUT2D eigenvalue weighted by molar-refractivity contribution is 5.85. The first-order valence-corrected chi connectivity index (χ1v) is 7.38. The summed E-state index contributed by atoms with van der Waals surface area (Å²) in [6.45, 7) is 1.46. The first-order chi connectivity index (χ1) is 11.5. The molecular formula is C16H24O8. The lowest BCUT2D eigenvalue weighted by atomic mass is 9.97. The number of aliphatic hydroxyl groups excluding tert-OH is 1. The maximum Gasteiger partial charge on any atom is 0.183 e. The predicted octanol–water partition coefficient (Wildman–Crippen LogP) is 1.02. The van der Waals surface area contributed by atoms with Gasteiger partial charge in [0.25, 0.3) is 0 Å². The molecule has 0 aliphatic carbocycles. The van der Waals surface area contributed by atoms with Crippen molar-refractivity contribution in [2.24, 2.45) is 0 Å². The molecule has 0 amide bonds. The normalized spacial score (nSPS) is 16.4. The minimum Gasteiger partial charge on any atom is -0.390 e. The number of aliphatic hydroxyl groups is 1. The number of benzene rings is 1. The molecule has 0 heterocycles. The molecule has 8 heteroatoms. The van der Waals surface area contributed by atoms with Gasteiger partial charge in [0.05, 0.1) is 27.4 Å². The highest BCUT2D eigenvalue weighted by Crippen LogP contribution is 2.19. The number of rotatable bonds is 12. The Bertz CT molecular complexity index is 464. The molecule has 1 rings (SSSR count). The molecule has 1 N–H and O–H groups in total. The first-order valence-electron chi connectivity index (χ1n) is 7.38. The predicted molar refractivity (Wildman–Crippen MR) is 82.5 cm³/mol. The molecule has 0 unspecified atom stereocenters. The molecule has 0 aliphatic rings. The number of carbonyl (C=O) groups is 1. The molecular weight excluding hydrogens is 320 g/mol. The van der Waals surface area contributed by atoms with Gasteiger partial charge in [0.2, 0.25) is 0 Å². The van der Waals surface area contributed by atoms with E-state index in [0.29, 0.717) is 0 Å². The van der Waals surface area contributed by atoms with E-state index in [1.165, 1.54) is 28.3 Å². The summed E-state index contributed by atoms with van der Waals surface area (Å²) < 4.78 is 0. The molecule has 0 aliphatic heterocycles. The standard InChI is InChI=1S/C16H24O8/c1-11(17)14(22-19-2)16(24-21-4)15(23-20-3)13(18)10-12-8-6-5-7-9-12/h5-9,11,14-17H,10H2,1-4H3/t11-,14+,15-,16+/m0/s1. The van der Waals surface area contributed by atoms with Crippen LogP contribution in [0.1, 0.15) is 12.5 Å². The Balaban J connectivity index is 2.99. The number of Topliss-reactive ketones (excluding diaryl/α,β-unsaturated/α-hetero) is 1.